The van der Waals surface area contributed by atoms with Gasteiger partial charge in [-0.05, 0) is 64.1 Å². The number of thiophene rings is 1. The maximum Gasteiger partial charge on any atom is 0.0976 e. The summed E-state index contributed by atoms with van der Waals surface area (Å²) in [5, 5.41) is 3.52. The lowest BCUT2D eigenvalue weighted by atomic mass is 9.99. The monoisotopic (exact) mass is 307 g/mol. The molecule has 1 nitrogen and oxygen atoms in total. The van der Waals surface area contributed by atoms with E-state index < -0.39 is 0 Å². The van der Waals surface area contributed by atoms with E-state index in [0.29, 0.717) is 5.92 Å². The van der Waals surface area contributed by atoms with Crippen LogP contribution in [0, 0.1) is 5.92 Å². The summed E-state index contributed by atoms with van der Waals surface area (Å²) in [6.07, 6.45) is 3.39. The number of hydrogen-bond donors (Lipinski definition) is 1. The Morgan fingerprint density at radius 1 is 1.28 bits per heavy atom. The molecular formula is C14H23Cl2NS. The fourth-order valence-corrected chi connectivity index (χ4v) is 3.33. The van der Waals surface area contributed by atoms with Crippen LogP contribution in [0.2, 0.25) is 8.67 Å². The second-order valence-corrected chi connectivity index (χ2v) is 8.24. The van der Waals surface area contributed by atoms with Gasteiger partial charge in [-0.3, -0.25) is 0 Å². The van der Waals surface area contributed by atoms with Crippen molar-refractivity contribution in [2.45, 2.75) is 52.5 Å². The predicted molar refractivity (Wildman–Crippen MR) is 84.2 cm³/mol. The third-order valence-corrected chi connectivity index (χ3v) is 4.50. The number of halogens is 2. The van der Waals surface area contributed by atoms with Crippen LogP contribution in [0.3, 0.4) is 0 Å². The van der Waals surface area contributed by atoms with Gasteiger partial charge in [-0.2, -0.15) is 0 Å². The first-order valence-electron chi connectivity index (χ1n) is 6.46. The molecule has 1 N–H and O–H groups in total. The Labute approximate surface area is 125 Å². The van der Waals surface area contributed by atoms with Crippen LogP contribution in [0.5, 0.6) is 0 Å². The minimum Gasteiger partial charge on any atom is -0.312 e. The van der Waals surface area contributed by atoms with E-state index in [1.165, 1.54) is 29.7 Å². The Morgan fingerprint density at radius 3 is 2.44 bits per heavy atom. The molecule has 0 fully saturated rings. The van der Waals surface area contributed by atoms with Gasteiger partial charge in [0.1, 0.15) is 0 Å². The Bertz CT molecular complexity index is 368. The molecule has 1 unspecified atom stereocenters. The zero-order valence-electron chi connectivity index (χ0n) is 11.6. The maximum absolute atomic E-state index is 6.11. The van der Waals surface area contributed by atoms with Crippen LogP contribution in [0.15, 0.2) is 6.07 Å². The molecule has 1 aromatic heterocycles. The van der Waals surface area contributed by atoms with E-state index in [4.69, 9.17) is 23.2 Å². The molecule has 0 bridgehead atoms. The molecule has 4 heteroatoms. The lowest BCUT2D eigenvalue weighted by Crippen LogP contribution is -2.36. The van der Waals surface area contributed by atoms with Crippen LogP contribution in [0.4, 0.5) is 0 Å². The van der Waals surface area contributed by atoms with Gasteiger partial charge in [0.2, 0.25) is 0 Å². The second kappa shape index (κ2) is 7.14. The summed E-state index contributed by atoms with van der Waals surface area (Å²) in [4.78, 5) is 0. The molecule has 0 saturated carbocycles. The summed E-state index contributed by atoms with van der Waals surface area (Å²) in [6, 6.07) is 1.99. The van der Waals surface area contributed by atoms with Gasteiger partial charge >= 0.3 is 0 Å². The van der Waals surface area contributed by atoms with Gasteiger partial charge in [0.15, 0.2) is 0 Å². The quantitative estimate of drug-likeness (QED) is 0.741. The van der Waals surface area contributed by atoms with Crippen LogP contribution < -0.4 is 5.32 Å². The van der Waals surface area contributed by atoms with E-state index in [1.807, 2.05) is 6.07 Å². The molecule has 1 rings (SSSR count). The van der Waals surface area contributed by atoms with Gasteiger partial charge in [-0.25, -0.2) is 0 Å². The molecule has 18 heavy (non-hydrogen) atoms. The molecular weight excluding hydrogens is 285 g/mol. The van der Waals surface area contributed by atoms with Crippen molar-refractivity contribution in [2.24, 2.45) is 5.92 Å². The Balaban J connectivity index is 2.25. The van der Waals surface area contributed by atoms with Gasteiger partial charge in [0, 0.05) is 5.54 Å². The van der Waals surface area contributed by atoms with E-state index in [0.717, 1.165) is 21.6 Å². The highest BCUT2D eigenvalue weighted by Crippen LogP contribution is 2.32. The number of aryl methyl sites for hydroxylation is 1. The Hall–Kier alpha value is 0.240. The molecule has 0 aromatic carbocycles. The first-order valence-corrected chi connectivity index (χ1v) is 8.04. The lowest BCUT2D eigenvalue weighted by molar-refractivity contribution is 0.387. The van der Waals surface area contributed by atoms with E-state index in [2.05, 4.69) is 33.0 Å². The first kappa shape index (κ1) is 16.3. The molecule has 1 aromatic rings. The van der Waals surface area contributed by atoms with Crippen LogP contribution in [-0.2, 0) is 6.42 Å². The molecule has 0 aliphatic rings. The molecule has 0 aliphatic heterocycles. The third kappa shape index (κ3) is 6.42. The molecule has 1 heterocycles. The fraction of sp³-hybridized carbons (Fsp3) is 0.714. The summed E-state index contributed by atoms with van der Waals surface area (Å²) in [7, 11) is 0. The Morgan fingerprint density at radius 2 is 1.94 bits per heavy atom. The van der Waals surface area contributed by atoms with E-state index in [1.54, 1.807) is 0 Å². The van der Waals surface area contributed by atoms with Crippen molar-refractivity contribution in [1.29, 1.82) is 0 Å². The fourth-order valence-electron chi connectivity index (χ4n) is 1.78. The second-order valence-electron chi connectivity index (χ2n) is 5.96. The SMILES string of the molecule is CC(CCNC(C)(C)C)CCc1cc(Cl)sc1Cl. The average molecular weight is 308 g/mol. The van der Waals surface area contributed by atoms with Crippen LogP contribution in [-0.4, -0.2) is 12.1 Å². The molecule has 0 aliphatic carbocycles. The molecule has 104 valence electrons. The minimum absolute atomic E-state index is 0.212. The maximum atomic E-state index is 6.11. The van der Waals surface area contributed by atoms with Crippen molar-refractivity contribution < 1.29 is 0 Å². The molecule has 0 amide bonds. The van der Waals surface area contributed by atoms with Gasteiger partial charge in [0.05, 0.1) is 8.67 Å². The summed E-state index contributed by atoms with van der Waals surface area (Å²) in [6.45, 7) is 9.97. The summed E-state index contributed by atoms with van der Waals surface area (Å²) in [5.74, 6) is 0.703. The highest BCUT2D eigenvalue weighted by atomic mass is 35.5. The molecule has 1 atom stereocenters. The van der Waals surface area contributed by atoms with Crippen LogP contribution >= 0.6 is 34.5 Å². The Kier molecular flexibility index (Phi) is 6.46. The first-order chi connectivity index (χ1) is 8.28. The normalized spacial score (nSPS) is 13.9. The van der Waals surface area contributed by atoms with Gasteiger partial charge < -0.3 is 5.32 Å². The number of nitrogens with one attached hydrogen (secondary N) is 1. The average Bonchev–Trinajstić information content (AvgIpc) is 2.52. The largest absolute Gasteiger partial charge is 0.312 e. The van der Waals surface area contributed by atoms with Crippen LogP contribution in [0.1, 0.15) is 46.1 Å². The standard InChI is InChI=1S/C14H23Cl2NS/c1-10(7-8-17-14(2,3)4)5-6-11-9-12(15)18-13(11)16/h9-10,17H,5-8H2,1-4H3. The van der Waals surface area contributed by atoms with Crippen molar-refractivity contribution in [3.63, 3.8) is 0 Å². The summed E-state index contributed by atoms with van der Waals surface area (Å²) in [5.41, 5.74) is 1.41. The molecule has 0 saturated heterocycles. The minimum atomic E-state index is 0.212. The zero-order chi connectivity index (χ0) is 13.8. The number of rotatable bonds is 6. The van der Waals surface area contributed by atoms with E-state index >= 15 is 0 Å². The van der Waals surface area contributed by atoms with Gasteiger partial charge in [0.25, 0.3) is 0 Å². The predicted octanol–water partition coefficient (Wildman–Crippen LogP) is 5.40. The third-order valence-electron chi connectivity index (χ3n) is 2.93. The highest BCUT2D eigenvalue weighted by Gasteiger charge is 2.11. The summed E-state index contributed by atoms with van der Waals surface area (Å²) < 4.78 is 1.64. The van der Waals surface area contributed by atoms with Crippen molar-refractivity contribution in [2.75, 3.05) is 6.54 Å². The van der Waals surface area contributed by atoms with Crippen molar-refractivity contribution >= 4 is 34.5 Å². The van der Waals surface area contributed by atoms with Crippen molar-refractivity contribution in [3.05, 3.63) is 20.3 Å². The van der Waals surface area contributed by atoms with Gasteiger partial charge in [-0.1, -0.05) is 30.1 Å². The zero-order valence-corrected chi connectivity index (χ0v) is 14.0. The smallest absolute Gasteiger partial charge is 0.0976 e. The lowest BCUT2D eigenvalue weighted by Gasteiger charge is -2.21. The molecule has 0 spiro atoms. The van der Waals surface area contributed by atoms with Crippen molar-refractivity contribution in [3.8, 4) is 0 Å². The number of hydrogen-bond acceptors (Lipinski definition) is 2. The summed E-state index contributed by atoms with van der Waals surface area (Å²) >= 11 is 13.5. The van der Waals surface area contributed by atoms with E-state index in [9.17, 15) is 0 Å². The molecule has 0 radical (unpaired) electrons. The van der Waals surface area contributed by atoms with Crippen molar-refractivity contribution in [1.82, 2.24) is 5.32 Å². The highest BCUT2D eigenvalue weighted by molar-refractivity contribution is 7.20. The van der Waals surface area contributed by atoms with Crippen LogP contribution in [0.25, 0.3) is 0 Å². The van der Waals surface area contributed by atoms with E-state index in [-0.39, 0.29) is 5.54 Å². The van der Waals surface area contributed by atoms with Gasteiger partial charge in [-0.15, -0.1) is 11.3 Å². The topological polar surface area (TPSA) is 12.0 Å².